The van der Waals surface area contributed by atoms with Crippen molar-refractivity contribution in [2.24, 2.45) is 0 Å². The molecule has 6 heteroatoms. The number of benzene rings is 1. The monoisotopic (exact) mass is 323 g/mol. The van der Waals surface area contributed by atoms with Gasteiger partial charge in [0, 0.05) is 31.9 Å². The smallest absolute Gasteiger partial charge is 0.319 e. The second-order valence-corrected chi connectivity index (χ2v) is 6.24. The Morgan fingerprint density at radius 2 is 2.14 bits per heavy atom. The molecule has 1 aromatic rings. The van der Waals surface area contributed by atoms with Crippen molar-refractivity contribution < 1.29 is 9.53 Å². The number of hydrogen-bond donors (Lipinski definition) is 2. The minimum atomic E-state index is -0.222. The predicted molar refractivity (Wildman–Crippen MR) is 88.9 cm³/mol. The molecule has 5 nitrogen and oxygen atoms in total. The van der Waals surface area contributed by atoms with Gasteiger partial charge in [0.2, 0.25) is 0 Å². The van der Waals surface area contributed by atoms with Crippen molar-refractivity contribution in [3.05, 3.63) is 23.2 Å². The van der Waals surface area contributed by atoms with Crippen molar-refractivity contribution in [3.63, 3.8) is 0 Å². The lowest BCUT2D eigenvalue weighted by Crippen LogP contribution is -2.35. The molecule has 0 aromatic heterocycles. The fourth-order valence-electron chi connectivity index (χ4n) is 2.99. The maximum Gasteiger partial charge on any atom is 0.319 e. The summed E-state index contributed by atoms with van der Waals surface area (Å²) in [5, 5.41) is 6.33. The number of nitrogens with zero attached hydrogens (tertiary/aromatic N) is 1. The van der Waals surface area contributed by atoms with Crippen LogP contribution in [0.15, 0.2) is 18.2 Å². The molecule has 0 bridgehead atoms. The first-order chi connectivity index (χ1) is 10.7. The first-order valence-electron chi connectivity index (χ1n) is 7.93. The van der Waals surface area contributed by atoms with Gasteiger partial charge in [-0.2, -0.15) is 0 Å². The Labute approximate surface area is 136 Å². The number of urea groups is 1. The van der Waals surface area contributed by atoms with E-state index in [0.29, 0.717) is 17.3 Å². The standard InChI is InChI=1S/C16H22ClN3O2/c17-14-10-12(5-6-15(14)20-7-1-2-8-20)19-16(21)18-11-13-4-3-9-22-13/h5-6,10,13H,1-4,7-9,11H2,(H2,18,19,21). The molecule has 2 saturated heterocycles. The summed E-state index contributed by atoms with van der Waals surface area (Å²) in [5.41, 5.74) is 1.75. The van der Waals surface area contributed by atoms with Gasteiger partial charge < -0.3 is 20.3 Å². The summed E-state index contributed by atoms with van der Waals surface area (Å²) in [6.45, 7) is 3.44. The van der Waals surface area contributed by atoms with E-state index in [1.165, 1.54) is 12.8 Å². The molecule has 0 radical (unpaired) electrons. The Hall–Kier alpha value is -1.46. The average Bonchev–Trinajstić information content (AvgIpc) is 3.19. The number of anilines is 2. The second-order valence-electron chi connectivity index (χ2n) is 5.83. The Kier molecular flexibility index (Phi) is 5.05. The van der Waals surface area contributed by atoms with Gasteiger partial charge in [0.15, 0.2) is 0 Å². The van der Waals surface area contributed by atoms with E-state index in [-0.39, 0.29) is 12.1 Å². The number of halogens is 1. The van der Waals surface area contributed by atoms with Gasteiger partial charge >= 0.3 is 6.03 Å². The summed E-state index contributed by atoms with van der Waals surface area (Å²) in [6.07, 6.45) is 4.65. The number of rotatable bonds is 4. The number of amides is 2. The zero-order chi connectivity index (χ0) is 15.4. The zero-order valence-corrected chi connectivity index (χ0v) is 13.4. The molecule has 2 N–H and O–H groups in total. The first kappa shape index (κ1) is 15.4. The number of carbonyl (C=O) groups excluding carboxylic acids is 1. The van der Waals surface area contributed by atoms with Gasteiger partial charge in [-0.05, 0) is 43.9 Å². The van der Waals surface area contributed by atoms with E-state index < -0.39 is 0 Å². The summed E-state index contributed by atoms with van der Waals surface area (Å²) in [5.74, 6) is 0. The molecule has 1 atom stereocenters. The number of hydrogen-bond acceptors (Lipinski definition) is 3. The van der Waals surface area contributed by atoms with Crippen molar-refractivity contribution >= 4 is 29.0 Å². The van der Waals surface area contributed by atoms with Crippen LogP contribution in [0.4, 0.5) is 16.2 Å². The van der Waals surface area contributed by atoms with Crippen LogP contribution in [0.5, 0.6) is 0 Å². The number of nitrogens with one attached hydrogen (secondary N) is 2. The van der Waals surface area contributed by atoms with Crippen molar-refractivity contribution in [2.45, 2.75) is 31.8 Å². The third kappa shape index (κ3) is 3.84. The lowest BCUT2D eigenvalue weighted by molar-refractivity contribution is 0.112. The molecule has 2 fully saturated rings. The van der Waals surface area contributed by atoms with Crippen molar-refractivity contribution in [1.82, 2.24) is 5.32 Å². The minimum Gasteiger partial charge on any atom is -0.376 e. The zero-order valence-electron chi connectivity index (χ0n) is 12.6. The molecule has 2 aliphatic rings. The Bertz CT molecular complexity index is 526. The molecular formula is C16H22ClN3O2. The first-order valence-corrected chi connectivity index (χ1v) is 8.31. The van der Waals surface area contributed by atoms with Crippen LogP contribution in [0.25, 0.3) is 0 Å². The van der Waals surface area contributed by atoms with Crippen LogP contribution >= 0.6 is 11.6 Å². The highest BCUT2D eigenvalue weighted by Gasteiger charge is 2.17. The SMILES string of the molecule is O=C(NCC1CCCO1)Nc1ccc(N2CCCC2)c(Cl)c1. The van der Waals surface area contributed by atoms with Crippen LogP contribution in [0.1, 0.15) is 25.7 Å². The highest BCUT2D eigenvalue weighted by molar-refractivity contribution is 6.33. The molecule has 1 aromatic carbocycles. The lowest BCUT2D eigenvalue weighted by atomic mass is 10.2. The third-order valence-corrected chi connectivity index (χ3v) is 4.47. The topological polar surface area (TPSA) is 53.6 Å². The quantitative estimate of drug-likeness (QED) is 0.894. The van der Waals surface area contributed by atoms with Crippen molar-refractivity contribution in [2.75, 3.05) is 36.5 Å². The summed E-state index contributed by atoms with van der Waals surface area (Å²) < 4.78 is 5.48. The molecule has 3 rings (SSSR count). The van der Waals surface area contributed by atoms with Crippen LogP contribution in [0.2, 0.25) is 5.02 Å². The van der Waals surface area contributed by atoms with Gasteiger partial charge in [-0.25, -0.2) is 4.79 Å². The highest BCUT2D eigenvalue weighted by atomic mass is 35.5. The molecule has 2 amide bonds. The maximum atomic E-state index is 11.9. The summed E-state index contributed by atoms with van der Waals surface area (Å²) in [4.78, 5) is 14.2. The third-order valence-electron chi connectivity index (χ3n) is 4.17. The highest BCUT2D eigenvalue weighted by Crippen LogP contribution is 2.31. The van der Waals surface area contributed by atoms with Gasteiger partial charge in [-0.1, -0.05) is 11.6 Å². The summed E-state index contributed by atoms with van der Waals surface area (Å²) in [6, 6.07) is 5.45. The fraction of sp³-hybridized carbons (Fsp3) is 0.562. The van der Waals surface area contributed by atoms with Gasteiger partial charge in [-0.15, -0.1) is 0 Å². The van der Waals surface area contributed by atoms with Gasteiger partial charge in [0.05, 0.1) is 16.8 Å². The van der Waals surface area contributed by atoms with Gasteiger partial charge in [0.25, 0.3) is 0 Å². The van der Waals surface area contributed by atoms with Crippen LogP contribution in [-0.2, 0) is 4.74 Å². The van der Waals surface area contributed by atoms with E-state index in [4.69, 9.17) is 16.3 Å². The average molecular weight is 324 g/mol. The van der Waals surface area contributed by atoms with E-state index in [0.717, 1.165) is 38.2 Å². The van der Waals surface area contributed by atoms with Crippen LogP contribution < -0.4 is 15.5 Å². The van der Waals surface area contributed by atoms with Gasteiger partial charge in [0.1, 0.15) is 0 Å². The van der Waals surface area contributed by atoms with Gasteiger partial charge in [-0.3, -0.25) is 0 Å². The Balaban J connectivity index is 1.53. The molecule has 22 heavy (non-hydrogen) atoms. The number of ether oxygens (including phenoxy) is 1. The molecule has 2 heterocycles. The van der Waals surface area contributed by atoms with E-state index in [1.54, 1.807) is 6.07 Å². The van der Waals surface area contributed by atoms with E-state index in [9.17, 15) is 4.79 Å². The Morgan fingerprint density at radius 1 is 1.32 bits per heavy atom. The molecule has 2 aliphatic heterocycles. The minimum absolute atomic E-state index is 0.145. The molecule has 0 spiro atoms. The molecule has 120 valence electrons. The van der Waals surface area contributed by atoms with Crippen LogP contribution in [-0.4, -0.2) is 38.4 Å². The van der Waals surface area contributed by atoms with Crippen LogP contribution in [0, 0.1) is 0 Å². The summed E-state index contributed by atoms with van der Waals surface area (Å²) >= 11 is 6.34. The summed E-state index contributed by atoms with van der Waals surface area (Å²) in [7, 11) is 0. The van der Waals surface area contributed by atoms with E-state index >= 15 is 0 Å². The largest absolute Gasteiger partial charge is 0.376 e. The number of carbonyl (C=O) groups is 1. The van der Waals surface area contributed by atoms with E-state index in [2.05, 4.69) is 15.5 Å². The second kappa shape index (κ2) is 7.20. The van der Waals surface area contributed by atoms with E-state index in [1.807, 2.05) is 12.1 Å². The maximum absolute atomic E-state index is 11.9. The molecule has 0 saturated carbocycles. The normalized spacial score (nSPS) is 21.1. The van der Waals surface area contributed by atoms with Crippen LogP contribution in [0.3, 0.4) is 0 Å². The van der Waals surface area contributed by atoms with Crippen molar-refractivity contribution in [3.8, 4) is 0 Å². The predicted octanol–water partition coefficient (Wildman–Crippen LogP) is 3.24. The molecular weight excluding hydrogens is 302 g/mol. The Morgan fingerprint density at radius 3 is 2.82 bits per heavy atom. The lowest BCUT2D eigenvalue weighted by Gasteiger charge is -2.19. The molecule has 0 aliphatic carbocycles. The fourth-order valence-corrected chi connectivity index (χ4v) is 3.29. The molecule has 1 unspecified atom stereocenters. The van der Waals surface area contributed by atoms with Crippen molar-refractivity contribution in [1.29, 1.82) is 0 Å².